The lowest BCUT2D eigenvalue weighted by Crippen LogP contribution is -2.37. The number of ether oxygens (including phenoxy) is 3. The van der Waals surface area contributed by atoms with E-state index in [1.165, 1.54) is 32.9 Å². The fraction of sp³-hybridized carbons (Fsp3) is 0.472. The van der Waals surface area contributed by atoms with E-state index in [1.807, 2.05) is 41.5 Å². The van der Waals surface area contributed by atoms with Crippen LogP contribution in [0.1, 0.15) is 58.2 Å². The fourth-order valence-electron chi connectivity index (χ4n) is 5.83. The van der Waals surface area contributed by atoms with Gasteiger partial charge in [-0.2, -0.15) is 17.2 Å². The summed E-state index contributed by atoms with van der Waals surface area (Å²) in [6.07, 6.45) is 3.70. The summed E-state index contributed by atoms with van der Waals surface area (Å²) in [7, 11) is -5.71. The van der Waals surface area contributed by atoms with Crippen molar-refractivity contribution in [3.05, 3.63) is 70.0 Å². The summed E-state index contributed by atoms with van der Waals surface area (Å²) < 4.78 is 74.2. The molecule has 2 amide bonds. The molecule has 2 aliphatic heterocycles. The third-order valence-corrected chi connectivity index (χ3v) is 9.20. The molecule has 0 unspecified atom stereocenters. The van der Waals surface area contributed by atoms with Crippen molar-refractivity contribution in [2.45, 2.75) is 91.1 Å². The number of rotatable bonds is 2. The molecular formula is C36H44BrF3N4O8S. The summed E-state index contributed by atoms with van der Waals surface area (Å²) >= 11 is 3.54. The molecule has 2 aromatic heterocycles. The van der Waals surface area contributed by atoms with E-state index < -0.39 is 32.6 Å². The van der Waals surface area contributed by atoms with E-state index in [1.54, 1.807) is 9.80 Å². The number of nitrogens with zero attached hydrogens (tertiary/aromatic N) is 4. The number of carbonyl (C=O) groups excluding carboxylic acids is 3. The topological polar surface area (TPSA) is 129 Å². The predicted octanol–water partition coefficient (Wildman–Crippen LogP) is 7.91. The number of halogens is 4. The molecule has 2 aliphatic rings. The first-order valence-corrected chi connectivity index (χ1v) is 18.8. The van der Waals surface area contributed by atoms with Crippen LogP contribution < -0.4 is 0 Å². The minimum Gasteiger partial charge on any atom is -0.464 e. The van der Waals surface area contributed by atoms with Crippen LogP contribution in [0.3, 0.4) is 0 Å². The van der Waals surface area contributed by atoms with E-state index in [9.17, 15) is 35.5 Å². The summed E-state index contributed by atoms with van der Waals surface area (Å²) in [6.45, 7) is 17.6. The van der Waals surface area contributed by atoms with Crippen molar-refractivity contribution in [1.82, 2.24) is 18.9 Å². The molecule has 0 fully saturated rings. The van der Waals surface area contributed by atoms with Crippen molar-refractivity contribution in [2.24, 2.45) is 0 Å². The summed E-state index contributed by atoms with van der Waals surface area (Å²) in [5, 5.41) is -2.66. The Bertz CT molecular complexity index is 2000. The highest BCUT2D eigenvalue weighted by atomic mass is 79.9. The van der Waals surface area contributed by atoms with Crippen LogP contribution in [0.2, 0.25) is 0 Å². The van der Waals surface area contributed by atoms with Crippen LogP contribution in [-0.2, 0) is 55.4 Å². The largest absolute Gasteiger partial charge is 0.470 e. The summed E-state index contributed by atoms with van der Waals surface area (Å²) in [6, 6.07) is 12.8. The second-order valence-electron chi connectivity index (χ2n) is 14.6. The quantitative estimate of drug-likeness (QED) is 0.113. The first-order valence-electron chi connectivity index (χ1n) is 16.6. The molecule has 0 aliphatic carbocycles. The number of alkyl halides is 2. The van der Waals surface area contributed by atoms with E-state index in [0.717, 1.165) is 23.1 Å². The highest BCUT2D eigenvalue weighted by molar-refractivity contribution is 9.10. The van der Waals surface area contributed by atoms with Gasteiger partial charge in [0.05, 0.1) is 31.2 Å². The van der Waals surface area contributed by atoms with Crippen molar-refractivity contribution >= 4 is 66.1 Å². The highest BCUT2D eigenvalue weighted by Crippen LogP contribution is 2.30. The number of hydrogen-bond acceptors (Lipinski definition) is 8. The van der Waals surface area contributed by atoms with E-state index >= 15 is 0 Å². The van der Waals surface area contributed by atoms with Gasteiger partial charge in [0.2, 0.25) is 0 Å². The second kappa shape index (κ2) is 15.6. The van der Waals surface area contributed by atoms with Crippen LogP contribution in [0.15, 0.2) is 53.3 Å². The normalized spacial score (nSPS) is 14.6. The number of aromatic nitrogens is 2. The van der Waals surface area contributed by atoms with E-state index in [2.05, 4.69) is 85.5 Å². The monoisotopic (exact) mass is 828 g/mol. The number of amides is 2. The molecular weight excluding hydrogens is 785 g/mol. The van der Waals surface area contributed by atoms with Gasteiger partial charge in [0.15, 0.2) is 0 Å². The van der Waals surface area contributed by atoms with Gasteiger partial charge >= 0.3 is 33.6 Å². The van der Waals surface area contributed by atoms with Crippen LogP contribution in [0.5, 0.6) is 0 Å². The molecule has 4 aromatic rings. The van der Waals surface area contributed by atoms with Crippen molar-refractivity contribution in [1.29, 1.82) is 0 Å². The Balaban J connectivity index is 0.000000188. The average molecular weight is 830 g/mol. The number of esters is 1. The van der Waals surface area contributed by atoms with Crippen molar-refractivity contribution in [3.63, 3.8) is 0 Å². The Labute approximate surface area is 315 Å². The standard InChI is InChI=1S/C17H22N2O2.C16H19BrN2O2.C3H3F3O4S/c1-12-9-13-5-6-18-7-8-19(11-14(10-12)15(13)18)16(20)21-17(2,3)4;1-16(2,3)21-15(20)19-7-6-18-5-4-11-8-13(17)9-12(10-19)14(11)18;1-10-2(7)3(4,5)11(6,8)9/h5-6,9-10H,7-8,11H2,1-4H3;4-5,8-9H,6-7,10H2,1-3H3;1H3. The lowest BCUT2D eigenvalue weighted by molar-refractivity contribution is -0.157. The van der Waals surface area contributed by atoms with Gasteiger partial charge in [-0.05, 0) is 89.9 Å². The molecule has 2 aromatic carbocycles. The molecule has 0 spiro atoms. The van der Waals surface area contributed by atoms with E-state index in [-0.39, 0.29) is 12.2 Å². The lowest BCUT2D eigenvalue weighted by Gasteiger charge is -2.26. The van der Waals surface area contributed by atoms with Gasteiger partial charge in [-0.1, -0.05) is 31.4 Å². The molecule has 0 radical (unpaired) electrons. The summed E-state index contributed by atoms with van der Waals surface area (Å²) in [4.78, 5) is 38.1. The van der Waals surface area contributed by atoms with Gasteiger partial charge in [0, 0.05) is 53.8 Å². The first-order chi connectivity index (χ1) is 24.4. The maximum Gasteiger partial charge on any atom is 0.470 e. The third-order valence-electron chi connectivity index (χ3n) is 7.96. The van der Waals surface area contributed by atoms with Crippen LogP contribution >= 0.6 is 15.9 Å². The highest BCUT2D eigenvalue weighted by Gasteiger charge is 2.55. The molecule has 6 rings (SSSR count). The SMILES string of the molecule is CC(C)(C)OC(=O)N1CCn2ccc3cc(Br)cc(c32)C1.COC(=O)C(F)(F)S(=O)(=O)F.Cc1cc2c3c(ccn3CCN(C(=O)OC(C)(C)C)C2)c1. The number of aryl methyl sites for hydroxylation is 1. The summed E-state index contributed by atoms with van der Waals surface area (Å²) in [5.74, 6) is -2.44. The van der Waals surface area contributed by atoms with Gasteiger partial charge in [-0.3, -0.25) is 0 Å². The molecule has 17 heteroatoms. The molecule has 12 nitrogen and oxygen atoms in total. The molecule has 290 valence electrons. The minimum atomic E-state index is -6.22. The molecule has 0 saturated carbocycles. The zero-order valence-corrected chi connectivity index (χ0v) is 33.2. The Kier molecular flexibility index (Phi) is 12.2. The van der Waals surface area contributed by atoms with E-state index in [0.29, 0.717) is 33.3 Å². The number of methoxy groups -OCH3 is 1. The molecule has 0 saturated heterocycles. The zero-order valence-electron chi connectivity index (χ0n) is 30.8. The fourth-order valence-corrected chi connectivity index (χ4v) is 6.64. The van der Waals surface area contributed by atoms with Crippen molar-refractivity contribution in [2.75, 3.05) is 20.2 Å². The van der Waals surface area contributed by atoms with Crippen LogP contribution in [0.4, 0.5) is 22.3 Å². The average Bonchev–Trinajstić information content (AvgIpc) is 3.49. The number of carbonyl (C=O) groups is 3. The van der Waals surface area contributed by atoms with Gasteiger partial charge < -0.3 is 33.1 Å². The third kappa shape index (κ3) is 10.2. The van der Waals surface area contributed by atoms with Crippen LogP contribution in [0, 0.1) is 6.92 Å². The van der Waals surface area contributed by atoms with Gasteiger partial charge in [0.1, 0.15) is 11.2 Å². The second-order valence-corrected chi connectivity index (χ2v) is 16.9. The van der Waals surface area contributed by atoms with Crippen molar-refractivity contribution in [3.8, 4) is 0 Å². The molecule has 0 bridgehead atoms. The lowest BCUT2D eigenvalue weighted by atomic mass is 10.1. The zero-order chi connectivity index (χ0) is 39.7. The number of hydrogen-bond donors (Lipinski definition) is 0. The van der Waals surface area contributed by atoms with Gasteiger partial charge in [-0.15, -0.1) is 0 Å². The van der Waals surface area contributed by atoms with Crippen LogP contribution in [0.25, 0.3) is 21.8 Å². The molecule has 0 N–H and O–H groups in total. The van der Waals surface area contributed by atoms with Crippen LogP contribution in [-0.4, -0.2) is 82.2 Å². The maximum atomic E-state index is 12.3. The Morgan fingerprint density at radius 3 is 1.57 bits per heavy atom. The first kappa shape index (κ1) is 41.5. The molecule has 53 heavy (non-hydrogen) atoms. The van der Waals surface area contributed by atoms with Gasteiger partial charge in [-0.25, -0.2) is 14.4 Å². The minimum absolute atomic E-state index is 0.233. The summed E-state index contributed by atoms with van der Waals surface area (Å²) in [5.41, 5.74) is 5.09. The van der Waals surface area contributed by atoms with Crippen molar-refractivity contribution < 1.29 is 49.7 Å². The molecule has 4 heterocycles. The Morgan fingerprint density at radius 2 is 1.17 bits per heavy atom. The molecule has 0 atom stereocenters. The Morgan fingerprint density at radius 1 is 0.736 bits per heavy atom. The van der Waals surface area contributed by atoms with E-state index in [4.69, 9.17) is 9.47 Å². The van der Waals surface area contributed by atoms with Gasteiger partial charge in [0.25, 0.3) is 0 Å². The maximum absolute atomic E-state index is 12.3. The smallest absolute Gasteiger partial charge is 0.464 e. The Hall–Kier alpha value is -4.25. The predicted molar refractivity (Wildman–Crippen MR) is 197 cm³/mol. The number of benzene rings is 2.